The second kappa shape index (κ2) is 6.47. The number of hydrogen-bond donors (Lipinski definition) is 2. The minimum Gasteiger partial charge on any atom is -0.481 e. The van der Waals surface area contributed by atoms with Gasteiger partial charge in [-0.05, 0) is 43.7 Å². The molecule has 0 spiro atoms. The van der Waals surface area contributed by atoms with Crippen LogP contribution in [-0.4, -0.2) is 25.6 Å². The average Bonchev–Trinajstić information content (AvgIpc) is 2.31. The molecule has 94 valence electrons. The molecule has 4 nitrogen and oxygen atoms in total. The fraction of sp³-hybridized carbons (Fsp3) is 0.417. The first-order valence-electron chi connectivity index (χ1n) is 5.45. The summed E-state index contributed by atoms with van der Waals surface area (Å²) in [6.07, 6.45) is 0.119. The molecule has 3 N–H and O–H groups in total. The van der Waals surface area contributed by atoms with Crippen molar-refractivity contribution in [3.05, 3.63) is 28.8 Å². The van der Waals surface area contributed by atoms with E-state index in [1.807, 2.05) is 0 Å². The molecule has 1 atom stereocenters. The molecular formula is C12H17ClN2O2. The molecule has 0 aromatic heterocycles. The van der Waals surface area contributed by atoms with Crippen molar-refractivity contribution in [1.29, 1.82) is 0 Å². The molecule has 17 heavy (non-hydrogen) atoms. The number of rotatable bonds is 5. The highest BCUT2D eigenvalue weighted by Gasteiger charge is 2.14. The van der Waals surface area contributed by atoms with Gasteiger partial charge in [-0.3, -0.25) is 4.79 Å². The van der Waals surface area contributed by atoms with E-state index in [1.54, 1.807) is 32.2 Å². The van der Waals surface area contributed by atoms with Crippen LogP contribution in [0.1, 0.15) is 12.5 Å². The summed E-state index contributed by atoms with van der Waals surface area (Å²) in [5.74, 6) is 0.481. The SMILES string of the molecule is CNC(=O)C(C)Oc1ccc(Cl)cc1CCN. The topological polar surface area (TPSA) is 64.3 Å². The number of amides is 1. The van der Waals surface area contributed by atoms with Crippen LogP contribution in [-0.2, 0) is 11.2 Å². The summed E-state index contributed by atoms with van der Waals surface area (Å²) < 4.78 is 5.58. The summed E-state index contributed by atoms with van der Waals surface area (Å²) in [4.78, 5) is 11.4. The maximum atomic E-state index is 11.4. The summed E-state index contributed by atoms with van der Waals surface area (Å²) in [6.45, 7) is 2.20. The van der Waals surface area contributed by atoms with Gasteiger partial charge in [-0.2, -0.15) is 0 Å². The van der Waals surface area contributed by atoms with Gasteiger partial charge in [0.1, 0.15) is 5.75 Å². The molecule has 1 aromatic rings. The van der Waals surface area contributed by atoms with Crippen LogP contribution >= 0.6 is 11.6 Å². The normalized spacial score (nSPS) is 12.0. The van der Waals surface area contributed by atoms with Gasteiger partial charge < -0.3 is 15.8 Å². The molecule has 0 saturated carbocycles. The van der Waals surface area contributed by atoms with Crippen molar-refractivity contribution in [2.75, 3.05) is 13.6 Å². The number of carbonyl (C=O) groups is 1. The Hall–Kier alpha value is -1.26. The second-order valence-corrected chi connectivity index (χ2v) is 4.10. The maximum absolute atomic E-state index is 11.4. The number of likely N-dealkylation sites (N-methyl/N-ethyl adjacent to an activating group) is 1. The lowest BCUT2D eigenvalue weighted by atomic mass is 10.1. The van der Waals surface area contributed by atoms with Gasteiger partial charge in [-0.15, -0.1) is 0 Å². The Labute approximate surface area is 106 Å². The lowest BCUT2D eigenvalue weighted by Gasteiger charge is -2.16. The van der Waals surface area contributed by atoms with Crippen molar-refractivity contribution in [2.45, 2.75) is 19.4 Å². The van der Waals surface area contributed by atoms with Crippen LogP contribution in [0, 0.1) is 0 Å². The predicted molar refractivity (Wildman–Crippen MR) is 68.4 cm³/mol. The summed E-state index contributed by atoms with van der Waals surface area (Å²) in [5, 5.41) is 3.17. The van der Waals surface area contributed by atoms with Crippen LogP contribution in [0.15, 0.2) is 18.2 Å². The third-order valence-corrected chi connectivity index (χ3v) is 2.59. The summed E-state index contributed by atoms with van der Waals surface area (Å²) in [6, 6.07) is 5.29. The zero-order valence-corrected chi connectivity index (χ0v) is 10.8. The fourth-order valence-corrected chi connectivity index (χ4v) is 1.66. The van der Waals surface area contributed by atoms with Crippen LogP contribution in [0.5, 0.6) is 5.75 Å². The minimum atomic E-state index is -0.544. The molecule has 0 fully saturated rings. The molecule has 0 radical (unpaired) electrons. The number of carbonyl (C=O) groups excluding carboxylic acids is 1. The van der Waals surface area contributed by atoms with Crippen LogP contribution in [0.3, 0.4) is 0 Å². The van der Waals surface area contributed by atoms with E-state index >= 15 is 0 Å². The van der Waals surface area contributed by atoms with Crippen LogP contribution < -0.4 is 15.8 Å². The third kappa shape index (κ3) is 3.91. The molecule has 0 aliphatic rings. The summed E-state index contributed by atoms with van der Waals surface area (Å²) >= 11 is 5.90. The minimum absolute atomic E-state index is 0.168. The average molecular weight is 257 g/mol. The van der Waals surface area contributed by atoms with E-state index in [4.69, 9.17) is 22.1 Å². The van der Waals surface area contributed by atoms with Gasteiger partial charge in [-0.1, -0.05) is 11.6 Å². The van der Waals surface area contributed by atoms with E-state index in [1.165, 1.54) is 0 Å². The van der Waals surface area contributed by atoms with Gasteiger partial charge in [0.25, 0.3) is 5.91 Å². The zero-order chi connectivity index (χ0) is 12.8. The summed E-state index contributed by atoms with van der Waals surface area (Å²) in [5.41, 5.74) is 6.43. The number of nitrogens with one attached hydrogen (secondary N) is 1. The quantitative estimate of drug-likeness (QED) is 0.836. The Morgan fingerprint density at radius 3 is 2.88 bits per heavy atom. The van der Waals surface area contributed by atoms with Crippen molar-refractivity contribution in [2.24, 2.45) is 5.73 Å². The van der Waals surface area contributed by atoms with Gasteiger partial charge in [0, 0.05) is 12.1 Å². The zero-order valence-electron chi connectivity index (χ0n) is 10.00. The molecule has 0 aliphatic heterocycles. The van der Waals surface area contributed by atoms with Gasteiger partial charge in [0.2, 0.25) is 0 Å². The number of halogens is 1. The Kier molecular flexibility index (Phi) is 5.25. The van der Waals surface area contributed by atoms with Crippen molar-refractivity contribution in [1.82, 2.24) is 5.32 Å². The second-order valence-electron chi connectivity index (χ2n) is 3.67. The molecule has 1 aromatic carbocycles. The number of nitrogens with two attached hydrogens (primary N) is 1. The molecule has 0 aliphatic carbocycles. The van der Waals surface area contributed by atoms with Crippen LogP contribution in [0.25, 0.3) is 0 Å². The van der Waals surface area contributed by atoms with Crippen molar-refractivity contribution < 1.29 is 9.53 Å². The number of ether oxygens (including phenoxy) is 1. The van der Waals surface area contributed by atoms with E-state index in [2.05, 4.69) is 5.32 Å². The molecule has 0 bridgehead atoms. The van der Waals surface area contributed by atoms with Crippen molar-refractivity contribution in [3.8, 4) is 5.75 Å². The van der Waals surface area contributed by atoms with Crippen molar-refractivity contribution >= 4 is 17.5 Å². The highest BCUT2D eigenvalue weighted by atomic mass is 35.5. The van der Waals surface area contributed by atoms with E-state index in [9.17, 15) is 4.79 Å². The highest BCUT2D eigenvalue weighted by molar-refractivity contribution is 6.30. The largest absolute Gasteiger partial charge is 0.481 e. The maximum Gasteiger partial charge on any atom is 0.260 e. The summed E-state index contributed by atoms with van der Waals surface area (Å²) in [7, 11) is 1.57. The highest BCUT2D eigenvalue weighted by Crippen LogP contribution is 2.24. The van der Waals surface area contributed by atoms with Gasteiger partial charge >= 0.3 is 0 Å². The Morgan fingerprint density at radius 1 is 1.59 bits per heavy atom. The van der Waals surface area contributed by atoms with E-state index in [0.29, 0.717) is 23.7 Å². The molecule has 1 unspecified atom stereocenters. The molecule has 1 amide bonds. The lowest BCUT2D eigenvalue weighted by molar-refractivity contribution is -0.126. The predicted octanol–water partition coefficient (Wildman–Crippen LogP) is 1.35. The fourth-order valence-electron chi connectivity index (χ4n) is 1.46. The van der Waals surface area contributed by atoms with Gasteiger partial charge in [-0.25, -0.2) is 0 Å². The first-order chi connectivity index (χ1) is 8.08. The first kappa shape index (κ1) is 13.8. The number of hydrogen-bond acceptors (Lipinski definition) is 3. The first-order valence-corrected chi connectivity index (χ1v) is 5.83. The van der Waals surface area contributed by atoms with E-state index in [0.717, 1.165) is 5.56 Å². The van der Waals surface area contributed by atoms with E-state index < -0.39 is 6.10 Å². The smallest absolute Gasteiger partial charge is 0.260 e. The Balaban J connectivity index is 2.85. The molecule has 0 heterocycles. The van der Waals surface area contributed by atoms with Gasteiger partial charge in [0.15, 0.2) is 6.10 Å². The Morgan fingerprint density at radius 2 is 2.29 bits per heavy atom. The van der Waals surface area contributed by atoms with Gasteiger partial charge in [0.05, 0.1) is 0 Å². The van der Waals surface area contributed by atoms with Crippen molar-refractivity contribution in [3.63, 3.8) is 0 Å². The third-order valence-electron chi connectivity index (χ3n) is 2.36. The van der Waals surface area contributed by atoms with Crippen LogP contribution in [0.4, 0.5) is 0 Å². The molecular weight excluding hydrogens is 240 g/mol. The van der Waals surface area contributed by atoms with Crippen LogP contribution in [0.2, 0.25) is 5.02 Å². The molecule has 1 rings (SSSR count). The van der Waals surface area contributed by atoms with E-state index in [-0.39, 0.29) is 5.91 Å². The monoisotopic (exact) mass is 256 g/mol. The number of benzene rings is 1. The molecule has 5 heteroatoms. The molecule has 0 saturated heterocycles. The standard InChI is InChI=1S/C12H17ClN2O2/c1-8(12(16)15-2)17-11-4-3-10(13)7-9(11)5-6-14/h3-4,7-8H,5-6,14H2,1-2H3,(H,15,16). The lowest BCUT2D eigenvalue weighted by Crippen LogP contribution is -2.34. The Bertz CT molecular complexity index is 396.